The Morgan fingerprint density at radius 1 is 1.15 bits per heavy atom. The lowest BCUT2D eigenvalue weighted by molar-refractivity contribution is 0.557. The zero-order valence-electron chi connectivity index (χ0n) is 10.9. The number of fused-ring (bicyclic) bond motifs is 1. The highest BCUT2D eigenvalue weighted by Gasteiger charge is 2.06. The first-order valence-corrected chi connectivity index (χ1v) is 6.16. The smallest absolute Gasteiger partial charge is 0.134 e. The van der Waals surface area contributed by atoms with Gasteiger partial charge in [0.15, 0.2) is 0 Å². The van der Waals surface area contributed by atoms with Gasteiger partial charge in [-0.15, -0.1) is 19.0 Å². The standard InChI is InChI=1S/C16H14N2O.ClH/c1-2-11-18-15-8-4-3-7-14(15)17-16(18)10-9-13-6-5-12-19-13;/h2-10,12H,1,11H2;1H/b10-9+;. The van der Waals surface area contributed by atoms with Crippen LogP contribution in [0.5, 0.6) is 0 Å². The summed E-state index contributed by atoms with van der Waals surface area (Å²) in [4.78, 5) is 4.62. The number of rotatable bonds is 4. The number of furan rings is 1. The highest BCUT2D eigenvalue weighted by atomic mass is 35.5. The first kappa shape index (κ1) is 14.2. The van der Waals surface area contributed by atoms with Crippen LogP contribution in [0.15, 0.2) is 59.7 Å². The maximum atomic E-state index is 5.29. The van der Waals surface area contributed by atoms with Crippen molar-refractivity contribution in [3.8, 4) is 0 Å². The van der Waals surface area contributed by atoms with Gasteiger partial charge in [-0.25, -0.2) is 4.98 Å². The fourth-order valence-corrected chi connectivity index (χ4v) is 2.09. The molecule has 0 amide bonds. The second-order valence-electron chi connectivity index (χ2n) is 4.21. The predicted octanol–water partition coefficient (Wildman–Crippen LogP) is 4.41. The highest BCUT2D eigenvalue weighted by Crippen LogP contribution is 2.18. The largest absolute Gasteiger partial charge is 0.465 e. The van der Waals surface area contributed by atoms with E-state index in [9.17, 15) is 0 Å². The van der Waals surface area contributed by atoms with Crippen molar-refractivity contribution in [3.05, 3.63) is 66.9 Å². The summed E-state index contributed by atoms with van der Waals surface area (Å²) in [5.74, 6) is 1.72. The summed E-state index contributed by atoms with van der Waals surface area (Å²) in [6, 6.07) is 11.9. The molecule has 1 aromatic carbocycles. The van der Waals surface area contributed by atoms with E-state index in [0.29, 0.717) is 0 Å². The van der Waals surface area contributed by atoms with E-state index in [0.717, 1.165) is 29.2 Å². The van der Waals surface area contributed by atoms with Gasteiger partial charge in [0.1, 0.15) is 11.6 Å². The summed E-state index contributed by atoms with van der Waals surface area (Å²) in [7, 11) is 0. The van der Waals surface area contributed by atoms with Gasteiger partial charge in [0.05, 0.1) is 17.3 Å². The van der Waals surface area contributed by atoms with E-state index >= 15 is 0 Å². The van der Waals surface area contributed by atoms with E-state index in [2.05, 4.69) is 22.2 Å². The second kappa shape index (κ2) is 6.26. The Balaban J connectivity index is 0.00000147. The van der Waals surface area contributed by atoms with Crippen LogP contribution in [0.3, 0.4) is 0 Å². The molecule has 3 nitrogen and oxygen atoms in total. The average Bonchev–Trinajstić information content (AvgIpc) is 3.05. The van der Waals surface area contributed by atoms with Gasteiger partial charge >= 0.3 is 0 Å². The number of allylic oxidation sites excluding steroid dienone is 1. The van der Waals surface area contributed by atoms with Crippen LogP contribution in [0.25, 0.3) is 23.2 Å². The molecule has 0 aliphatic heterocycles. The van der Waals surface area contributed by atoms with Crippen LogP contribution in [0.2, 0.25) is 0 Å². The number of benzene rings is 1. The maximum Gasteiger partial charge on any atom is 0.134 e. The second-order valence-corrected chi connectivity index (χ2v) is 4.21. The van der Waals surface area contributed by atoms with Gasteiger partial charge in [0.25, 0.3) is 0 Å². The summed E-state index contributed by atoms with van der Waals surface area (Å²) in [6.45, 7) is 4.54. The summed E-state index contributed by atoms with van der Waals surface area (Å²) >= 11 is 0. The molecule has 0 saturated heterocycles. The SMILES string of the molecule is C=CCn1c(/C=C/c2ccco2)nc2ccccc21.Cl. The first-order chi connectivity index (χ1) is 9.38. The van der Waals surface area contributed by atoms with Gasteiger partial charge in [0, 0.05) is 6.54 Å². The van der Waals surface area contributed by atoms with Gasteiger partial charge < -0.3 is 8.98 Å². The van der Waals surface area contributed by atoms with Gasteiger partial charge in [-0.1, -0.05) is 18.2 Å². The number of imidazole rings is 1. The lowest BCUT2D eigenvalue weighted by Crippen LogP contribution is -1.97. The molecule has 0 unspecified atom stereocenters. The number of hydrogen-bond acceptors (Lipinski definition) is 2. The number of aromatic nitrogens is 2. The van der Waals surface area contributed by atoms with E-state index in [-0.39, 0.29) is 12.4 Å². The molecule has 4 heteroatoms. The Labute approximate surface area is 123 Å². The summed E-state index contributed by atoms with van der Waals surface area (Å²) in [6.07, 6.45) is 7.41. The molecular formula is C16H15ClN2O. The third-order valence-electron chi connectivity index (χ3n) is 2.94. The normalized spacial score (nSPS) is 10.8. The first-order valence-electron chi connectivity index (χ1n) is 6.16. The van der Waals surface area contributed by atoms with Crippen molar-refractivity contribution < 1.29 is 4.42 Å². The van der Waals surface area contributed by atoms with Crippen LogP contribution in [-0.4, -0.2) is 9.55 Å². The molecule has 0 aliphatic rings. The molecular weight excluding hydrogens is 272 g/mol. The van der Waals surface area contributed by atoms with Crippen LogP contribution in [-0.2, 0) is 6.54 Å². The van der Waals surface area contributed by atoms with Gasteiger partial charge in [-0.2, -0.15) is 0 Å². The van der Waals surface area contributed by atoms with E-state index < -0.39 is 0 Å². The topological polar surface area (TPSA) is 31.0 Å². The Kier molecular flexibility index (Phi) is 4.43. The zero-order valence-corrected chi connectivity index (χ0v) is 11.7. The minimum absolute atomic E-state index is 0. The maximum absolute atomic E-state index is 5.29. The lowest BCUT2D eigenvalue weighted by Gasteiger charge is -2.02. The Morgan fingerprint density at radius 3 is 2.75 bits per heavy atom. The Bertz CT molecular complexity index is 726. The van der Waals surface area contributed by atoms with Crippen molar-refractivity contribution in [2.75, 3.05) is 0 Å². The highest BCUT2D eigenvalue weighted by molar-refractivity contribution is 5.85. The molecule has 0 fully saturated rings. The van der Waals surface area contributed by atoms with E-state index in [1.54, 1.807) is 6.26 Å². The molecule has 2 heterocycles. The van der Waals surface area contributed by atoms with Gasteiger partial charge in [-0.3, -0.25) is 0 Å². The van der Waals surface area contributed by atoms with Crippen molar-refractivity contribution in [2.45, 2.75) is 6.54 Å². The molecule has 0 aliphatic carbocycles. The Morgan fingerprint density at radius 2 is 2.00 bits per heavy atom. The molecule has 0 radical (unpaired) electrons. The molecule has 3 rings (SSSR count). The third kappa shape index (κ3) is 2.68. The molecule has 2 aromatic heterocycles. The van der Waals surface area contributed by atoms with Crippen molar-refractivity contribution >= 4 is 35.6 Å². The minimum atomic E-state index is 0. The summed E-state index contributed by atoms with van der Waals surface area (Å²) < 4.78 is 7.41. The third-order valence-corrected chi connectivity index (χ3v) is 2.94. The van der Waals surface area contributed by atoms with Crippen molar-refractivity contribution in [1.29, 1.82) is 0 Å². The minimum Gasteiger partial charge on any atom is -0.465 e. The fraction of sp³-hybridized carbons (Fsp3) is 0.0625. The average molecular weight is 287 g/mol. The fourth-order valence-electron chi connectivity index (χ4n) is 2.09. The number of para-hydroxylation sites is 2. The van der Waals surface area contributed by atoms with E-state index in [1.165, 1.54) is 0 Å². The van der Waals surface area contributed by atoms with Crippen molar-refractivity contribution in [2.24, 2.45) is 0 Å². The number of nitrogens with zero attached hydrogens (tertiary/aromatic N) is 2. The molecule has 0 N–H and O–H groups in total. The molecule has 0 saturated carbocycles. The molecule has 3 aromatic rings. The number of halogens is 1. The van der Waals surface area contributed by atoms with Gasteiger partial charge in [-0.05, 0) is 36.4 Å². The molecule has 0 atom stereocenters. The molecule has 20 heavy (non-hydrogen) atoms. The number of hydrogen-bond donors (Lipinski definition) is 0. The lowest BCUT2D eigenvalue weighted by atomic mass is 10.3. The molecule has 102 valence electrons. The quantitative estimate of drug-likeness (QED) is 0.665. The van der Waals surface area contributed by atoms with Crippen LogP contribution in [0.1, 0.15) is 11.6 Å². The summed E-state index contributed by atoms with van der Waals surface area (Å²) in [5, 5.41) is 0. The molecule has 0 bridgehead atoms. The van der Waals surface area contributed by atoms with Crippen molar-refractivity contribution in [3.63, 3.8) is 0 Å². The van der Waals surface area contributed by atoms with E-state index in [4.69, 9.17) is 4.42 Å². The summed E-state index contributed by atoms with van der Waals surface area (Å²) in [5.41, 5.74) is 2.10. The monoisotopic (exact) mass is 286 g/mol. The van der Waals surface area contributed by atoms with Crippen LogP contribution < -0.4 is 0 Å². The van der Waals surface area contributed by atoms with Crippen LogP contribution in [0.4, 0.5) is 0 Å². The van der Waals surface area contributed by atoms with Crippen LogP contribution >= 0.6 is 12.4 Å². The molecule has 0 spiro atoms. The Hall–Kier alpha value is -2.26. The van der Waals surface area contributed by atoms with E-state index in [1.807, 2.05) is 48.6 Å². The van der Waals surface area contributed by atoms with Gasteiger partial charge in [0.2, 0.25) is 0 Å². The zero-order chi connectivity index (χ0) is 13.1. The van der Waals surface area contributed by atoms with Crippen LogP contribution in [0, 0.1) is 0 Å². The van der Waals surface area contributed by atoms with Crippen molar-refractivity contribution in [1.82, 2.24) is 9.55 Å². The predicted molar refractivity (Wildman–Crippen MR) is 84.8 cm³/mol.